The number of rotatable bonds is 8. The molecule has 0 spiro atoms. The highest BCUT2D eigenvalue weighted by Gasteiger charge is 2.44. The molecule has 1 N–H and O–H groups in total. The first kappa shape index (κ1) is 26.6. The predicted molar refractivity (Wildman–Crippen MR) is 141 cm³/mol. The lowest BCUT2D eigenvalue weighted by Gasteiger charge is -2.46. The number of carbonyl (C=O) groups is 2. The van der Waals surface area contributed by atoms with Crippen LogP contribution in [0, 0.1) is 5.92 Å². The van der Waals surface area contributed by atoms with Crippen LogP contribution in [0.5, 0.6) is 0 Å². The van der Waals surface area contributed by atoms with E-state index in [1.807, 2.05) is 43.3 Å². The predicted octanol–water partition coefficient (Wildman–Crippen LogP) is 3.90. The van der Waals surface area contributed by atoms with Crippen molar-refractivity contribution in [3.05, 3.63) is 78.6 Å². The molecule has 0 radical (unpaired) electrons. The maximum atomic E-state index is 13.5. The van der Waals surface area contributed by atoms with E-state index in [9.17, 15) is 18.0 Å². The van der Waals surface area contributed by atoms with Crippen LogP contribution < -0.4 is 5.32 Å². The van der Waals surface area contributed by atoms with Gasteiger partial charge in [0, 0.05) is 37.2 Å². The van der Waals surface area contributed by atoms with Crippen LogP contribution in [0.4, 0.5) is 0 Å². The van der Waals surface area contributed by atoms with Crippen LogP contribution in [0.15, 0.2) is 82.3 Å². The van der Waals surface area contributed by atoms with Gasteiger partial charge in [-0.2, -0.15) is 4.31 Å². The van der Waals surface area contributed by atoms with Gasteiger partial charge in [0.05, 0.1) is 11.2 Å². The van der Waals surface area contributed by atoms with E-state index in [-0.39, 0.29) is 42.3 Å². The van der Waals surface area contributed by atoms with Gasteiger partial charge in [0.2, 0.25) is 21.8 Å². The third-order valence-electron chi connectivity index (χ3n) is 6.65. The van der Waals surface area contributed by atoms with Gasteiger partial charge in [-0.25, -0.2) is 8.42 Å². The Balaban J connectivity index is 1.55. The minimum atomic E-state index is -3.83. The molecule has 2 heterocycles. The molecule has 1 saturated heterocycles. The molecule has 2 unspecified atom stereocenters. The molecule has 4 rings (SSSR count). The molecule has 2 atom stereocenters. The average molecular weight is 524 g/mol. The third-order valence-corrected chi connectivity index (χ3v) is 8.50. The van der Waals surface area contributed by atoms with Crippen molar-refractivity contribution in [2.45, 2.75) is 50.7 Å². The molecular weight excluding hydrogens is 490 g/mol. The summed E-state index contributed by atoms with van der Waals surface area (Å²) in [6, 6.07) is 18.2. The number of hydrogen-bond acceptors (Lipinski definition) is 5. The Morgan fingerprint density at radius 3 is 2.30 bits per heavy atom. The van der Waals surface area contributed by atoms with Gasteiger partial charge in [-0.05, 0) is 36.2 Å². The van der Waals surface area contributed by atoms with Crippen LogP contribution >= 0.6 is 0 Å². The zero-order chi connectivity index (χ0) is 26.6. The third kappa shape index (κ3) is 5.78. The van der Waals surface area contributed by atoms with Gasteiger partial charge < -0.3 is 14.6 Å². The second kappa shape index (κ2) is 11.3. The summed E-state index contributed by atoms with van der Waals surface area (Å²) in [6.45, 7) is 5.77. The minimum absolute atomic E-state index is 0.102. The second-order valence-corrected chi connectivity index (χ2v) is 11.4. The Morgan fingerprint density at radius 2 is 1.70 bits per heavy atom. The van der Waals surface area contributed by atoms with Gasteiger partial charge in [-0.15, -0.1) is 0 Å². The van der Waals surface area contributed by atoms with E-state index in [0.29, 0.717) is 6.42 Å². The van der Waals surface area contributed by atoms with Gasteiger partial charge in [-0.3, -0.25) is 9.59 Å². The molecule has 1 aliphatic heterocycles. The molecule has 0 bridgehead atoms. The summed E-state index contributed by atoms with van der Waals surface area (Å²) in [5.41, 5.74) is 1.80. The number of benzene rings is 2. The number of piperazine rings is 1. The highest BCUT2D eigenvalue weighted by Crippen LogP contribution is 2.27. The van der Waals surface area contributed by atoms with Crippen molar-refractivity contribution in [3.8, 4) is 11.3 Å². The quantitative estimate of drug-likeness (QED) is 0.483. The molecule has 196 valence electrons. The fourth-order valence-corrected chi connectivity index (χ4v) is 6.08. The fourth-order valence-electron chi connectivity index (χ4n) is 4.57. The van der Waals surface area contributed by atoms with Crippen LogP contribution in [0.2, 0.25) is 0 Å². The first-order chi connectivity index (χ1) is 17.7. The van der Waals surface area contributed by atoms with Crippen molar-refractivity contribution < 1.29 is 22.4 Å². The molecule has 2 amide bonds. The number of sulfonamides is 1. The average Bonchev–Trinajstić information content (AvgIpc) is 3.46. The van der Waals surface area contributed by atoms with Gasteiger partial charge >= 0.3 is 0 Å². The molecule has 0 saturated carbocycles. The van der Waals surface area contributed by atoms with Crippen molar-refractivity contribution in [2.24, 2.45) is 5.92 Å². The second-order valence-electron chi connectivity index (χ2n) is 9.51. The number of carbonyl (C=O) groups excluding carboxylic acids is 2. The molecular formula is C28H33N3O5S. The maximum Gasteiger partial charge on any atom is 0.244 e. The lowest BCUT2D eigenvalue weighted by molar-refractivity contribution is -0.149. The summed E-state index contributed by atoms with van der Waals surface area (Å²) < 4.78 is 33.6. The Bertz CT molecular complexity index is 1310. The summed E-state index contributed by atoms with van der Waals surface area (Å²) in [4.78, 5) is 28.5. The van der Waals surface area contributed by atoms with Crippen molar-refractivity contribution in [1.82, 2.24) is 14.5 Å². The zero-order valence-corrected chi connectivity index (χ0v) is 22.1. The van der Waals surface area contributed by atoms with E-state index in [0.717, 1.165) is 16.9 Å². The van der Waals surface area contributed by atoms with Gasteiger partial charge in [-0.1, -0.05) is 63.2 Å². The highest BCUT2D eigenvalue weighted by molar-refractivity contribution is 7.89. The number of hydrogen-bond donors (Lipinski definition) is 1. The van der Waals surface area contributed by atoms with Gasteiger partial charge in [0.15, 0.2) is 0 Å². The van der Waals surface area contributed by atoms with Gasteiger partial charge in [0.25, 0.3) is 0 Å². The monoisotopic (exact) mass is 523 g/mol. The molecule has 8 nitrogen and oxygen atoms in total. The molecule has 9 heteroatoms. The lowest BCUT2D eigenvalue weighted by Crippen LogP contribution is -2.66. The Hall–Kier alpha value is -3.43. The van der Waals surface area contributed by atoms with E-state index in [1.165, 1.54) is 4.31 Å². The Labute approximate surface area is 218 Å². The minimum Gasteiger partial charge on any atom is -0.464 e. The molecule has 1 fully saturated rings. The van der Waals surface area contributed by atoms with Crippen LogP contribution in [0.25, 0.3) is 11.3 Å². The van der Waals surface area contributed by atoms with Crippen LogP contribution in [0.3, 0.4) is 0 Å². The van der Waals surface area contributed by atoms with Crippen LogP contribution in [-0.2, 0) is 26.2 Å². The number of amides is 2. The topological polar surface area (TPSA) is 99.9 Å². The Morgan fingerprint density at radius 1 is 1.00 bits per heavy atom. The van der Waals surface area contributed by atoms with Crippen molar-refractivity contribution in [2.75, 3.05) is 13.1 Å². The summed E-state index contributed by atoms with van der Waals surface area (Å²) in [5, 5.41) is 2.93. The summed E-state index contributed by atoms with van der Waals surface area (Å²) in [5.74, 6) is -0.108. The lowest BCUT2D eigenvalue weighted by atomic mass is 10.0. The summed E-state index contributed by atoms with van der Waals surface area (Å²) in [6.07, 6.45) is 2.14. The summed E-state index contributed by atoms with van der Waals surface area (Å²) in [7, 11) is -3.83. The number of nitrogens with one attached hydrogen (secondary N) is 1. The molecule has 2 aromatic carbocycles. The molecule has 0 aliphatic carbocycles. The van der Waals surface area contributed by atoms with Crippen molar-refractivity contribution >= 4 is 21.8 Å². The van der Waals surface area contributed by atoms with E-state index >= 15 is 0 Å². The normalized spacial score (nSPS) is 18.6. The van der Waals surface area contributed by atoms with Gasteiger partial charge in [0.1, 0.15) is 11.8 Å². The van der Waals surface area contributed by atoms with E-state index in [1.54, 1.807) is 55.3 Å². The van der Waals surface area contributed by atoms with E-state index in [4.69, 9.17) is 4.42 Å². The van der Waals surface area contributed by atoms with Crippen molar-refractivity contribution in [1.29, 1.82) is 0 Å². The molecule has 37 heavy (non-hydrogen) atoms. The van der Waals surface area contributed by atoms with Crippen molar-refractivity contribution in [3.63, 3.8) is 0 Å². The van der Waals surface area contributed by atoms with E-state index < -0.39 is 22.1 Å². The largest absolute Gasteiger partial charge is 0.464 e. The highest BCUT2D eigenvalue weighted by atomic mass is 32.2. The SMILES string of the molecule is CCC1CN(S(=O)(=O)c2ccccc2)CC(C(=O)NCc2ccc(-c3ccco3)cc2)N1C(=O)C(C)C. The summed E-state index contributed by atoms with van der Waals surface area (Å²) >= 11 is 0. The zero-order valence-electron chi connectivity index (χ0n) is 21.3. The molecule has 1 aliphatic rings. The molecule has 3 aromatic rings. The number of nitrogens with zero attached hydrogens (tertiary/aromatic N) is 2. The first-order valence-corrected chi connectivity index (χ1v) is 13.9. The first-order valence-electron chi connectivity index (χ1n) is 12.5. The number of furan rings is 1. The standard InChI is InChI=1S/C28H33N3O5S/c1-4-23-18-30(37(34,35)24-9-6-5-7-10-24)19-25(31(23)28(33)20(2)3)27(32)29-17-21-12-14-22(15-13-21)26-11-8-16-36-26/h5-16,20,23,25H,4,17-19H2,1-3H3,(H,29,32). The maximum absolute atomic E-state index is 13.5. The van der Waals surface area contributed by atoms with Crippen LogP contribution in [-0.4, -0.2) is 54.6 Å². The molecule has 1 aromatic heterocycles. The van der Waals surface area contributed by atoms with E-state index in [2.05, 4.69) is 5.32 Å². The van der Waals surface area contributed by atoms with Crippen LogP contribution in [0.1, 0.15) is 32.8 Å². The Kier molecular flexibility index (Phi) is 8.14. The fraction of sp³-hybridized carbons (Fsp3) is 0.357. The smallest absolute Gasteiger partial charge is 0.244 e.